The van der Waals surface area contributed by atoms with E-state index >= 15 is 0 Å². The number of allylic oxidation sites excluding steroid dienone is 1. The van der Waals surface area contributed by atoms with Gasteiger partial charge >= 0.3 is 0 Å². The number of hydrogen-bond donors (Lipinski definition) is 2. The van der Waals surface area contributed by atoms with Crippen LogP contribution >= 0.6 is 0 Å². The van der Waals surface area contributed by atoms with Gasteiger partial charge < -0.3 is 10.4 Å². The van der Waals surface area contributed by atoms with E-state index < -0.39 is 0 Å². The number of rotatable bonds is 1. The average Bonchev–Trinajstić information content (AvgIpc) is 1.89. The highest BCUT2D eigenvalue weighted by Gasteiger charge is 2.16. The molecule has 50 valence electrons. The van der Waals surface area contributed by atoms with E-state index in [1.165, 1.54) is 0 Å². The van der Waals surface area contributed by atoms with Gasteiger partial charge in [-0.05, 0) is 12.6 Å². The molecule has 0 saturated heterocycles. The van der Waals surface area contributed by atoms with E-state index in [-0.39, 0.29) is 18.4 Å². The summed E-state index contributed by atoms with van der Waals surface area (Å²) in [4.78, 5) is 10.7. The summed E-state index contributed by atoms with van der Waals surface area (Å²) < 4.78 is 0. The van der Waals surface area contributed by atoms with Crippen molar-refractivity contribution in [3.63, 3.8) is 0 Å². The Morgan fingerprint density at radius 3 is 3.11 bits per heavy atom. The van der Waals surface area contributed by atoms with E-state index in [0.717, 1.165) is 0 Å². The third-order valence-corrected chi connectivity index (χ3v) is 1.36. The minimum Gasteiger partial charge on any atom is -0.396 e. The number of nitrogens with one attached hydrogen (secondary N) is 1. The summed E-state index contributed by atoms with van der Waals surface area (Å²) in [5.41, 5.74) is 0. The van der Waals surface area contributed by atoms with E-state index in [9.17, 15) is 4.79 Å². The molecule has 3 heteroatoms. The lowest BCUT2D eigenvalue weighted by atomic mass is 10.0. The van der Waals surface area contributed by atoms with E-state index in [0.29, 0.717) is 6.42 Å². The molecule has 0 aliphatic carbocycles. The SMILES string of the molecule is O=C1NC=CCC1CO. The minimum absolute atomic E-state index is 0.0594. The molecule has 1 atom stereocenters. The van der Waals surface area contributed by atoms with Crippen LogP contribution in [0.25, 0.3) is 0 Å². The van der Waals surface area contributed by atoms with Crippen LogP contribution in [0, 0.1) is 5.92 Å². The number of carbonyl (C=O) groups excluding carboxylic acids is 1. The zero-order chi connectivity index (χ0) is 6.69. The summed E-state index contributed by atoms with van der Waals surface area (Å²) >= 11 is 0. The summed E-state index contributed by atoms with van der Waals surface area (Å²) in [5.74, 6) is -0.310. The van der Waals surface area contributed by atoms with Crippen LogP contribution in [-0.2, 0) is 4.79 Å². The summed E-state index contributed by atoms with van der Waals surface area (Å²) in [6, 6.07) is 0. The molecule has 0 bridgehead atoms. The van der Waals surface area contributed by atoms with E-state index in [1.807, 2.05) is 6.08 Å². The summed E-state index contributed by atoms with van der Waals surface area (Å²) in [5, 5.41) is 11.1. The Hall–Kier alpha value is -0.830. The number of carbonyl (C=O) groups is 1. The van der Waals surface area contributed by atoms with Crippen molar-refractivity contribution in [2.24, 2.45) is 5.92 Å². The van der Waals surface area contributed by atoms with Crippen molar-refractivity contribution in [1.82, 2.24) is 5.32 Å². The largest absolute Gasteiger partial charge is 0.396 e. The first-order valence-electron chi connectivity index (χ1n) is 2.91. The van der Waals surface area contributed by atoms with Crippen molar-refractivity contribution < 1.29 is 9.90 Å². The Balaban J connectivity index is 2.53. The molecule has 1 amide bonds. The minimum atomic E-state index is -0.227. The summed E-state index contributed by atoms with van der Waals surface area (Å²) in [6.45, 7) is -0.0594. The van der Waals surface area contributed by atoms with Gasteiger partial charge in [-0.2, -0.15) is 0 Å². The summed E-state index contributed by atoms with van der Waals surface area (Å²) in [7, 11) is 0. The Morgan fingerprint density at radius 1 is 1.89 bits per heavy atom. The molecule has 0 aromatic rings. The van der Waals surface area contributed by atoms with Crippen molar-refractivity contribution in [2.45, 2.75) is 6.42 Å². The molecule has 2 N–H and O–H groups in total. The van der Waals surface area contributed by atoms with Crippen LogP contribution in [0.1, 0.15) is 6.42 Å². The monoisotopic (exact) mass is 127 g/mol. The highest BCUT2D eigenvalue weighted by atomic mass is 16.3. The van der Waals surface area contributed by atoms with Gasteiger partial charge in [0.2, 0.25) is 5.91 Å². The van der Waals surface area contributed by atoms with Crippen molar-refractivity contribution in [3.8, 4) is 0 Å². The van der Waals surface area contributed by atoms with Gasteiger partial charge in [-0.1, -0.05) is 6.08 Å². The van der Waals surface area contributed by atoms with E-state index in [1.54, 1.807) is 6.20 Å². The molecule has 9 heavy (non-hydrogen) atoms. The van der Waals surface area contributed by atoms with Crippen molar-refractivity contribution in [3.05, 3.63) is 12.3 Å². The lowest BCUT2D eigenvalue weighted by molar-refractivity contribution is -0.125. The molecule has 3 nitrogen and oxygen atoms in total. The lowest BCUT2D eigenvalue weighted by Crippen LogP contribution is -2.31. The first-order valence-corrected chi connectivity index (χ1v) is 2.91. The quantitative estimate of drug-likeness (QED) is 0.505. The third-order valence-electron chi connectivity index (χ3n) is 1.36. The molecular formula is C6H9NO2. The van der Waals surface area contributed by atoms with Gasteiger partial charge in [-0.25, -0.2) is 0 Å². The second-order valence-electron chi connectivity index (χ2n) is 2.03. The van der Waals surface area contributed by atoms with Gasteiger partial charge in [-0.15, -0.1) is 0 Å². The maximum atomic E-state index is 10.7. The number of amides is 1. The normalized spacial score (nSPS) is 25.9. The van der Waals surface area contributed by atoms with Gasteiger partial charge in [0.1, 0.15) is 0 Å². The van der Waals surface area contributed by atoms with Gasteiger partial charge in [0.25, 0.3) is 0 Å². The fourth-order valence-corrected chi connectivity index (χ4v) is 0.756. The van der Waals surface area contributed by atoms with Crippen molar-refractivity contribution in [2.75, 3.05) is 6.61 Å². The predicted octanol–water partition coefficient (Wildman–Crippen LogP) is -0.372. The Morgan fingerprint density at radius 2 is 2.67 bits per heavy atom. The Bertz CT molecular complexity index is 142. The predicted molar refractivity (Wildman–Crippen MR) is 32.5 cm³/mol. The van der Waals surface area contributed by atoms with Crippen LogP contribution in [0.4, 0.5) is 0 Å². The molecule has 1 rings (SSSR count). The third kappa shape index (κ3) is 1.29. The van der Waals surface area contributed by atoms with Crippen LogP contribution in [0.5, 0.6) is 0 Å². The molecule has 0 spiro atoms. The van der Waals surface area contributed by atoms with Crippen molar-refractivity contribution in [1.29, 1.82) is 0 Å². The average molecular weight is 127 g/mol. The van der Waals surface area contributed by atoms with Crippen molar-refractivity contribution >= 4 is 5.91 Å². The van der Waals surface area contributed by atoms with Gasteiger partial charge in [-0.3, -0.25) is 4.79 Å². The zero-order valence-electron chi connectivity index (χ0n) is 5.00. The fraction of sp³-hybridized carbons (Fsp3) is 0.500. The molecule has 0 radical (unpaired) electrons. The highest BCUT2D eigenvalue weighted by molar-refractivity contribution is 5.80. The standard InChI is InChI=1S/C6H9NO2/c8-4-5-2-1-3-7-6(5)9/h1,3,5,8H,2,4H2,(H,7,9). The lowest BCUT2D eigenvalue weighted by Gasteiger charge is -2.13. The topological polar surface area (TPSA) is 49.3 Å². The van der Waals surface area contributed by atoms with Crippen LogP contribution in [0.2, 0.25) is 0 Å². The molecule has 1 heterocycles. The molecule has 0 saturated carbocycles. The molecule has 0 aromatic carbocycles. The number of aliphatic hydroxyl groups is 1. The maximum Gasteiger partial charge on any atom is 0.229 e. The molecular weight excluding hydrogens is 118 g/mol. The van der Waals surface area contributed by atoms with Gasteiger partial charge in [0, 0.05) is 0 Å². The first-order chi connectivity index (χ1) is 4.34. The fourth-order valence-electron chi connectivity index (χ4n) is 0.756. The second-order valence-corrected chi connectivity index (χ2v) is 2.03. The molecule has 1 unspecified atom stereocenters. The van der Waals surface area contributed by atoms with E-state index in [2.05, 4.69) is 5.32 Å². The summed E-state index contributed by atoms with van der Waals surface area (Å²) in [6.07, 6.45) is 4.10. The van der Waals surface area contributed by atoms with Crippen LogP contribution in [0.3, 0.4) is 0 Å². The molecule has 1 aliphatic rings. The van der Waals surface area contributed by atoms with Gasteiger partial charge in [0.15, 0.2) is 0 Å². The second kappa shape index (κ2) is 2.64. The highest BCUT2D eigenvalue weighted by Crippen LogP contribution is 2.06. The molecule has 0 fully saturated rings. The van der Waals surface area contributed by atoms with Gasteiger partial charge in [0.05, 0.1) is 12.5 Å². The molecule has 0 aromatic heterocycles. The Labute approximate surface area is 53.4 Å². The number of hydrogen-bond acceptors (Lipinski definition) is 2. The number of aliphatic hydroxyl groups excluding tert-OH is 1. The van der Waals surface area contributed by atoms with Crippen LogP contribution < -0.4 is 5.32 Å². The first kappa shape index (κ1) is 6.29. The maximum absolute atomic E-state index is 10.7. The van der Waals surface area contributed by atoms with Crippen LogP contribution in [0.15, 0.2) is 12.3 Å². The van der Waals surface area contributed by atoms with Crippen LogP contribution in [-0.4, -0.2) is 17.6 Å². The Kier molecular flexibility index (Phi) is 1.85. The zero-order valence-corrected chi connectivity index (χ0v) is 5.00. The van der Waals surface area contributed by atoms with E-state index in [4.69, 9.17) is 5.11 Å². The molecule has 1 aliphatic heterocycles. The smallest absolute Gasteiger partial charge is 0.229 e.